The third-order valence-corrected chi connectivity index (χ3v) is 2.78. The Bertz CT molecular complexity index is 479. The van der Waals surface area contributed by atoms with Crippen LogP contribution in [0.25, 0.3) is 0 Å². The molecule has 2 rings (SSSR count). The van der Waals surface area contributed by atoms with Gasteiger partial charge in [-0.2, -0.15) is 0 Å². The molecule has 1 unspecified atom stereocenters. The molecule has 2 heterocycles. The average Bonchev–Trinajstić information content (AvgIpc) is 2.67. The van der Waals surface area contributed by atoms with Crippen LogP contribution in [0.2, 0.25) is 0 Å². The molecular formula is C13H17N3O. The number of hydrogen-bond acceptors (Lipinski definition) is 4. The molecule has 4 nitrogen and oxygen atoms in total. The van der Waals surface area contributed by atoms with Crippen molar-refractivity contribution in [3.8, 4) is 0 Å². The second kappa shape index (κ2) is 5.10. The highest BCUT2D eigenvalue weighted by atomic mass is 16.3. The van der Waals surface area contributed by atoms with Crippen molar-refractivity contribution >= 4 is 0 Å². The number of nitrogens with zero attached hydrogens (tertiary/aromatic N) is 2. The first kappa shape index (κ1) is 11.8. The molecule has 0 aliphatic carbocycles. The first-order valence-corrected chi connectivity index (χ1v) is 5.72. The Morgan fingerprint density at radius 2 is 2.24 bits per heavy atom. The third-order valence-electron chi connectivity index (χ3n) is 2.78. The molecule has 0 aromatic carbocycles. The summed E-state index contributed by atoms with van der Waals surface area (Å²) in [5.74, 6) is 1.93. The zero-order valence-electron chi connectivity index (χ0n) is 10.4. The molecule has 0 aliphatic rings. The van der Waals surface area contributed by atoms with Crippen LogP contribution in [0.3, 0.4) is 0 Å². The predicted molar refractivity (Wildman–Crippen MR) is 65.5 cm³/mol. The van der Waals surface area contributed by atoms with E-state index in [9.17, 15) is 0 Å². The molecule has 1 atom stereocenters. The Morgan fingerprint density at radius 3 is 2.82 bits per heavy atom. The lowest BCUT2D eigenvalue weighted by Gasteiger charge is -2.12. The second-order valence-corrected chi connectivity index (χ2v) is 4.17. The fourth-order valence-electron chi connectivity index (χ4n) is 1.87. The van der Waals surface area contributed by atoms with Gasteiger partial charge in [-0.05, 0) is 32.9 Å². The van der Waals surface area contributed by atoms with Gasteiger partial charge in [-0.25, -0.2) is 9.97 Å². The smallest absolute Gasteiger partial charge is 0.115 e. The Morgan fingerprint density at radius 1 is 1.41 bits per heavy atom. The number of aromatic nitrogens is 2. The van der Waals surface area contributed by atoms with Crippen LogP contribution in [0.1, 0.15) is 35.7 Å². The molecule has 2 aromatic heterocycles. The van der Waals surface area contributed by atoms with Crippen LogP contribution in [0.5, 0.6) is 0 Å². The summed E-state index contributed by atoms with van der Waals surface area (Å²) in [7, 11) is 0. The summed E-state index contributed by atoms with van der Waals surface area (Å²) < 4.78 is 5.52. The van der Waals surface area contributed by atoms with E-state index in [1.54, 1.807) is 12.5 Å². The van der Waals surface area contributed by atoms with E-state index in [2.05, 4.69) is 28.3 Å². The molecule has 0 spiro atoms. The lowest BCUT2D eigenvalue weighted by Crippen LogP contribution is -2.18. The zero-order valence-corrected chi connectivity index (χ0v) is 10.4. The molecule has 0 saturated heterocycles. The van der Waals surface area contributed by atoms with Gasteiger partial charge in [-0.3, -0.25) is 0 Å². The molecule has 4 heteroatoms. The first-order valence-electron chi connectivity index (χ1n) is 5.72. The monoisotopic (exact) mass is 231 g/mol. The molecular weight excluding hydrogens is 214 g/mol. The van der Waals surface area contributed by atoms with Gasteiger partial charge < -0.3 is 9.73 Å². The highest BCUT2D eigenvalue weighted by molar-refractivity contribution is 5.23. The molecule has 0 amide bonds. The number of aryl methyl sites for hydroxylation is 2. The van der Waals surface area contributed by atoms with Crippen LogP contribution in [-0.2, 0) is 6.54 Å². The molecule has 0 bridgehead atoms. The van der Waals surface area contributed by atoms with E-state index in [0.717, 1.165) is 23.8 Å². The maximum Gasteiger partial charge on any atom is 0.115 e. The molecule has 0 aliphatic heterocycles. The average molecular weight is 231 g/mol. The Hall–Kier alpha value is -1.68. The summed E-state index contributed by atoms with van der Waals surface area (Å²) in [5.41, 5.74) is 2.20. The van der Waals surface area contributed by atoms with E-state index >= 15 is 0 Å². The van der Waals surface area contributed by atoms with Crippen LogP contribution in [0.15, 0.2) is 29.1 Å². The van der Waals surface area contributed by atoms with Crippen LogP contribution < -0.4 is 5.32 Å². The van der Waals surface area contributed by atoms with Crippen LogP contribution in [0.4, 0.5) is 0 Å². The van der Waals surface area contributed by atoms with Crippen molar-refractivity contribution in [3.63, 3.8) is 0 Å². The first-order chi connectivity index (χ1) is 8.16. The van der Waals surface area contributed by atoms with Crippen molar-refractivity contribution in [2.45, 2.75) is 33.4 Å². The lowest BCUT2D eigenvalue weighted by atomic mass is 10.1. The minimum Gasteiger partial charge on any atom is -0.466 e. The number of furan rings is 1. The fourth-order valence-corrected chi connectivity index (χ4v) is 1.87. The predicted octanol–water partition coefficient (Wildman–Crippen LogP) is 2.54. The number of rotatable bonds is 4. The summed E-state index contributed by atoms with van der Waals surface area (Å²) in [6.07, 6.45) is 3.32. The van der Waals surface area contributed by atoms with Gasteiger partial charge in [-0.1, -0.05) is 0 Å². The van der Waals surface area contributed by atoms with Gasteiger partial charge in [0.2, 0.25) is 0 Å². The highest BCUT2D eigenvalue weighted by Crippen LogP contribution is 2.21. The largest absolute Gasteiger partial charge is 0.466 e. The molecule has 0 fully saturated rings. The van der Waals surface area contributed by atoms with Crippen molar-refractivity contribution in [3.05, 3.63) is 47.4 Å². The van der Waals surface area contributed by atoms with E-state index < -0.39 is 0 Å². The van der Waals surface area contributed by atoms with Gasteiger partial charge in [0.25, 0.3) is 0 Å². The summed E-state index contributed by atoms with van der Waals surface area (Å²) in [4.78, 5) is 8.07. The minimum absolute atomic E-state index is 0.252. The van der Waals surface area contributed by atoms with E-state index in [1.807, 2.05) is 19.9 Å². The number of hydrogen-bond donors (Lipinski definition) is 1. The Balaban J connectivity index is 1.98. The SMILES string of the molecule is Cc1cc(C(C)NCc2ccncn2)c(C)o1. The maximum absolute atomic E-state index is 5.52. The summed E-state index contributed by atoms with van der Waals surface area (Å²) in [6, 6.07) is 4.24. The van der Waals surface area contributed by atoms with Gasteiger partial charge in [0.15, 0.2) is 0 Å². The van der Waals surface area contributed by atoms with E-state index in [0.29, 0.717) is 0 Å². The Labute approximate surface area is 101 Å². The summed E-state index contributed by atoms with van der Waals surface area (Å²) in [6.45, 7) is 6.81. The van der Waals surface area contributed by atoms with Crippen molar-refractivity contribution in [1.82, 2.24) is 15.3 Å². The van der Waals surface area contributed by atoms with E-state index in [-0.39, 0.29) is 6.04 Å². The fraction of sp³-hybridized carbons (Fsp3) is 0.385. The molecule has 0 radical (unpaired) electrons. The van der Waals surface area contributed by atoms with Gasteiger partial charge in [-0.15, -0.1) is 0 Å². The number of nitrogens with one attached hydrogen (secondary N) is 1. The van der Waals surface area contributed by atoms with Crippen molar-refractivity contribution in [2.24, 2.45) is 0 Å². The quantitative estimate of drug-likeness (QED) is 0.878. The van der Waals surface area contributed by atoms with Crippen molar-refractivity contribution < 1.29 is 4.42 Å². The minimum atomic E-state index is 0.252. The van der Waals surface area contributed by atoms with Gasteiger partial charge >= 0.3 is 0 Å². The standard InChI is InChI=1S/C13H17N3O/c1-9-6-13(11(3)17-9)10(2)15-7-12-4-5-14-8-16-12/h4-6,8,10,15H,7H2,1-3H3. The van der Waals surface area contributed by atoms with Crippen molar-refractivity contribution in [1.29, 1.82) is 0 Å². The molecule has 90 valence electrons. The van der Waals surface area contributed by atoms with E-state index in [4.69, 9.17) is 4.42 Å². The van der Waals surface area contributed by atoms with Crippen LogP contribution >= 0.6 is 0 Å². The second-order valence-electron chi connectivity index (χ2n) is 4.17. The van der Waals surface area contributed by atoms with Gasteiger partial charge in [0.05, 0.1) is 5.69 Å². The summed E-state index contributed by atoms with van der Waals surface area (Å²) >= 11 is 0. The molecule has 1 N–H and O–H groups in total. The molecule has 17 heavy (non-hydrogen) atoms. The van der Waals surface area contributed by atoms with E-state index in [1.165, 1.54) is 5.56 Å². The molecule has 2 aromatic rings. The Kier molecular flexibility index (Phi) is 3.54. The van der Waals surface area contributed by atoms with Gasteiger partial charge in [0.1, 0.15) is 17.8 Å². The lowest BCUT2D eigenvalue weighted by molar-refractivity contribution is 0.489. The third kappa shape index (κ3) is 2.91. The highest BCUT2D eigenvalue weighted by Gasteiger charge is 2.12. The normalized spacial score (nSPS) is 12.6. The molecule has 0 saturated carbocycles. The summed E-state index contributed by atoms with van der Waals surface area (Å²) in [5, 5.41) is 3.42. The van der Waals surface area contributed by atoms with Crippen LogP contribution in [-0.4, -0.2) is 9.97 Å². The topological polar surface area (TPSA) is 51.0 Å². The zero-order chi connectivity index (χ0) is 12.3. The maximum atomic E-state index is 5.52. The van der Waals surface area contributed by atoms with Crippen molar-refractivity contribution in [2.75, 3.05) is 0 Å². The van der Waals surface area contributed by atoms with Crippen LogP contribution in [0, 0.1) is 13.8 Å². The van der Waals surface area contributed by atoms with Gasteiger partial charge in [0, 0.05) is 24.3 Å².